The predicted octanol–water partition coefficient (Wildman–Crippen LogP) is 3.50. The zero-order valence-electron chi connectivity index (χ0n) is 11.8. The van der Waals surface area contributed by atoms with Gasteiger partial charge in [-0.1, -0.05) is 22.9 Å². The molecule has 3 N–H and O–H groups in total. The quantitative estimate of drug-likeness (QED) is 0.388. The van der Waals surface area contributed by atoms with Crippen LogP contribution in [0.15, 0.2) is 41.6 Å². The van der Waals surface area contributed by atoms with Gasteiger partial charge in [-0.2, -0.15) is 0 Å². The standard InChI is InChI=1S/C16H18N2O2/c1-10-4-7-15(14(8-10)16(17)18-19)20-13-6-5-11(2)12(3)9-13/h4-9,19H,1-3H3,(H2,17,18). The first-order chi connectivity index (χ1) is 9.51. The van der Waals surface area contributed by atoms with Crippen molar-refractivity contribution >= 4 is 5.84 Å². The summed E-state index contributed by atoms with van der Waals surface area (Å²) in [7, 11) is 0. The molecule has 2 aromatic rings. The lowest BCUT2D eigenvalue weighted by Gasteiger charge is -2.12. The smallest absolute Gasteiger partial charge is 0.173 e. The number of amidine groups is 1. The maximum absolute atomic E-state index is 8.86. The van der Waals surface area contributed by atoms with Crippen LogP contribution in [0.2, 0.25) is 0 Å². The summed E-state index contributed by atoms with van der Waals surface area (Å²) in [6.07, 6.45) is 0. The lowest BCUT2D eigenvalue weighted by molar-refractivity contribution is 0.318. The Bertz CT molecular complexity index is 664. The van der Waals surface area contributed by atoms with Gasteiger partial charge in [-0.25, -0.2) is 0 Å². The molecule has 0 saturated carbocycles. The minimum atomic E-state index is 0.0348. The average Bonchev–Trinajstić information content (AvgIpc) is 2.44. The largest absolute Gasteiger partial charge is 0.457 e. The Hall–Kier alpha value is -2.49. The Labute approximate surface area is 118 Å². The summed E-state index contributed by atoms with van der Waals surface area (Å²) < 4.78 is 5.85. The van der Waals surface area contributed by atoms with Gasteiger partial charge in [-0.15, -0.1) is 0 Å². The molecular formula is C16H18N2O2. The van der Waals surface area contributed by atoms with E-state index in [1.165, 1.54) is 5.56 Å². The van der Waals surface area contributed by atoms with Crippen LogP contribution < -0.4 is 10.5 Å². The molecule has 20 heavy (non-hydrogen) atoms. The monoisotopic (exact) mass is 270 g/mol. The Balaban J connectivity index is 2.40. The fourth-order valence-corrected chi connectivity index (χ4v) is 1.89. The van der Waals surface area contributed by atoms with Gasteiger partial charge < -0.3 is 15.7 Å². The Kier molecular flexibility index (Phi) is 3.94. The summed E-state index contributed by atoms with van der Waals surface area (Å²) >= 11 is 0. The Morgan fingerprint density at radius 1 is 1.05 bits per heavy atom. The van der Waals surface area contributed by atoms with Crippen LogP contribution in [0.5, 0.6) is 11.5 Å². The molecule has 0 aliphatic carbocycles. The molecule has 0 aliphatic heterocycles. The second-order valence-corrected chi connectivity index (χ2v) is 4.83. The summed E-state index contributed by atoms with van der Waals surface area (Å²) in [5, 5.41) is 11.9. The van der Waals surface area contributed by atoms with E-state index in [9.17, 15) is 0 Å². The predicted molar refractivity (Wildman–Crippen MR) is 79.7 cm³/mol. The van der Waals surface area contributed by atoms with Crippen molar-refractivity contribution < 1.29 is 9.94 Å². The van der Waals surface area contributed by atoms with Crippen molar-refractivity contribution in [3.8, 4) is 11.5 Å². The topological polar surface area (TPSA) is 67.8 Å². The number of benzene rings is 2. The zero-order chi connectivity index (χ0) is 14.7. The lowest BCUT2D eigenvalue weighted by Crippen LogP contribution is -2.14. The molecule has 0 bridgehead atoms. The molecular weight excluding hydrogens is 252 g/mol. The van der Waals surface area contributed by atoms with Gasteiger partial charge in [0.2, 0.25) is 0 Å². The first-order valence-corrected chi connectivity index (χ1v) is 6.35. The van der Waals surface area contributed by atoms with E-state index in [-0.39, 0.29) is 5.84 Å². The molecule has 0 aromatic heterocycles. The van der Waals surface area contributed by atoms with Crippen LogP contribution >= 0.6 is 0 Å². The highest BCUT2D eigenvalue weighted by Crippen LogP contribution is 2.27. The molecule has 0 saturated heterocycles. The molecule has 0 fully saturated rings. The van der Waals surface area contributed by atoms with Crippen LogP contribution in [-0.2, 0) is 0 Å². The SMILES string of the molecule is Cc1ccc(Oc2ccc(C)c(C)c2)c(/C(N)=N/O)c1. The summed E-state index contributed by atoms with van der Waals surface area (Å²) in [6.45, 7) is 6.02. The van der Waals surface area contributed by atoms with Gasteiger partial charge in [0.05, 0.1) is 5.56 Å². The highest BCUT2D eigenvalue weighted by molar-refractivity contribution is 5.99. The highest BCUT2D eigenvalue weighted by atomic mass is 16.5. The normalized spacial score (nSPS) is 11.4. The van der Waals surface area contributed by atoms with Gasteiger partial charge >= 0.3 is 0 Å². The van der Waals surface area contributed by atoms with E-state index in [4.69, 9.17) is 15.7 Å². The van der Waals surface area contributed by atoms with Gasteiger partial charge in [0, 0.05) is 0 Å². The number of nitrogens with two attached hydrogens (primary N) is 1. The number of hydrogen-bond donors (Lipinski definition) is 2. The van der Waals surface area contributed by atoms with Crippen molar-refractivity contribution in [2.45, 2.75) is 20.8 Å². The summed E-state index contributed by atoms with van der Waals surface area (Å²) in [5.41, 5.74) is 9.64. The molecule has 2 rings (SSSR count). The second kappa shape index (κ2) is 5.65. The van der Waals surface area contributed by atoms with Crippen LogP contribution in [0.25, 0.3) is 0 Å². The third-order valence-electron chi connectivity index (χ3n) is 3.22. The number of nitrogens with zero attached hydrogens (tertiary/aromatic N) is 1. The summed E-state index contributed by atoms with van der Waals surface area (Å²) in [5.74, 6) is 1.32. The van der Waals surface area contributed by atoms with Crippen molar-refractivity contribution in [1.29, 1.82) is 0 Å². The third kappa shape index (κ3) is 2.91. The van der Waals surface area contributed by atoms with Crippen LogP contribution in [0.3, 0.4) is 0 Å². The van der Waals surface area contributed by atoms with Crippen molar-refractivity contribution in [1.82, 2.24) is 0 Å². The number of oxime groups is 1. The maximum Gasteiger partial charge on any atom is 0.173 e. The Morgan fingerprint density at radius 3 is 2.45 bits per heavy atom. The summed E-state index contributed by atoms with van der Waals surface area (Å²) in [4.78, 5) is 0. The summed E-state index contributed by atoms with van der Waals surface area (Å²) in [6, 6.07) is 11.4. The number of rotatable bonds is 3. The molecule has 0 aliphatic rings. The van der Waals surface area contributed by atoms with Crippen molar-refractivity contribution in [3.63, 3.8) is 0 Å². The molecule has 4 heteroatoms. The van der Waals surface area contributed by atoms with Crippen molar-refractivity contribution in [2.75, 3.05) is 0 Å². The van der Waals surface area contributed by atoms with Crippen LogP contribution in [0.4, 0.5) is 0 Å². The molecule has 0 unspecified atom stereocenters. The molecule has 0 atom stereocenters. The number of aryl methyl sites for hydroxylation is 3. The number of ether oxygens (including phenoxy) is 1. The van der Waals surface area contributed by atoms with Crippen molar-refractivity contribution in [3.05, 3.63) is 58.7 Å². The molecule has 0 amide bonds. The van der Waals surface area contributed by atoms with E-state index in [0.29, 0.717) is 11.3 Å². The molecule has 104 valence electrons. The van der Waals surface area contributed by atoms with E-state index < -0.39 is 0 Å². The van der Waals surface area contributed by atoms with Gasteiger partial charge in [0.15, 0.2) is 5.84 Å². The first-order valence-electron chi connectivity index (χ1n) is 6.35. The number of hydrogen-bond acceptors (Lipinski definition) is 3. The molecule has 0 heterocycles. The lowest BCUT2D eigenvalue weighted by atomic mass is 10.1. The highest BCUT2D eigenvalue weighted by Gasteiger charge is 2.10. The average molecular weight is 270 g/mol. The van der Waals surface area contributed by atoms with E-state index in [2.05, 4.69) is 5.16 Å². The second-order valence-electron chi connectivity index (χ2n) is 4.83. The fourth-order valence-electron chi connectivity index (χ4n) is 1.89. The van der Waals surface area contributed by atoms with Gasteiger partial charge in [-0.05, 0) is 56.2 Å². The Morgan fingerprint density at radius 2 is 1.80 bits per heavy atom. The molecule has 2 aromatic carbocycles. The van der Waals surface area contributed by atoms with Gasteiger partial charge in [-0.3, -0.25) is 0 Å². The maximum atomic E-state index is 8.86. The van der Waals surface area contributed by atoms with Crippen LogP contribution in [-0.4, -0.2) is 11.0 Å². The van der Waals surface area contributed by atoms with E-state index >= 15 is 0 Å². The van der Waals surface area contributed by atoms with E-state index in [0.717, 1.165) is 16.9 Å². The minimum Gasteiger partial charge on any atom is -0.457 e. The molecule has 4 nitrogen and oxygen atoms in total. The molecule has 0 spiro atoms. The minimum absolute atomic E-state index is 0.0348. The first kappa shape index (κ1) is 13.9. The fraction of sp³-hybridized carbons (Fsp3) is 0.188. The van der Waals surface area contributed by atoms with Gasteiger partial charge in [0.1, 0.15) is 11.5 Å². The van der Waals surface area contributed by atoms with E-state index in [1.54, 1.807) is 0 Å². The third-order valence-corrected chi connectivity index (χ3v) is 3.22. The van der Waals surface area contributed by atoms with Gasteiger partial charge in [0.25, 0.3) is 0 Å². The van der Waals surface area contributed by atoms with Crippen molar-refractivity contribution in [2.24, 2.45) is 10.9 Å². The van der Waals surface area contributed by atoms with Crippen LogP contribution in [0, 0.1) is 20.8 Å². The van der Waals surface area contributed by atoms with E-state index in [1.807, 2.05) is 57.2 Å². The van der Waals surface area contributed by atoms with Crippen LogP contribution in [0.1, 0.15) is 22.3 Å². The molecule has 0 radical (unpaired) electrons. The zero-order valence-corrected chi connectivity index (χ0v) is 11.8.